The van der Waals surface area contributed by atoms with Gasteiger partial charge in [-0.05, 0) is 24.3 Å². The van der Waals surface area contributed by atoms with Gasteiger partial charge < -0.3 is 10.1 Å². The lowest BCUT2D eigenvalue weighted by Gasteiger charge is -2.19. The molecule has 1 amide bonds. The third-order valence-electron chi connectivity index (χ3n) is 5.01. The van der Waals surface area contributed by atoms with Crippen molar-refractivity contribution in [2.24, 2.45) is 0 Å². The van der Waals surface area contributed by atoms with Crippen LogP contribution in [-0.2, 0) is 15.7 Å². The topological polar surface area (TPSA) is 101 Å². The Kier molecular flexibility index (Phi) is 6.57. The van der Waals surface area contributed by atoms with E-state index in [2.05, 4.69) is 15.5 Å². The summed E-state index contributed by atoms with van der Waals surface area (Å²) in [5.74, 6) is -1.98. The van der Waals surface area contributed by atoms with Gasteiger partial charge in [-0.1, -0.05) is 60.1 Å². The Labute approximate surface area is 200 Å². The average molecular weight is 502 g/mol. The molecule has 35 heavy (non-hydrogen) atoms. The molecule has 0 saturated carbocycles. The number of H-pyrrole nitrogens is 1. The molecule has 4 aromatic rings. The lowest BCUT2D eigenvalue weighted by atomic mass is 10.1. The third kappa shape index (κ3) is 5.17. The number of carbonyl (C=O) groups excluding carboxylic acids is 2. The maximum atomic E-state index is 13.1. The van der Waals surface area contributed by atoms with E-state index in [1.54, 1.807) is 30.3 Å². The SMILES string of the molecule is O=C(O[C@@H](C(=O)Nc1cc(C(F)(F)F)ccc1Cl)c1ccccc1)c1n[nH]c(=O)c2ccccc12. The highest BCUT2D eigenvalue weighted by Gasteiger charge is 2.32. The van der Waals surface area contributed by atoms with E-state index in [-0.39, 0.29) is 32.7 Å². The van der Waals surface area contributed by atoms with E-state index >= 15 is 0 Å². The highest BCUT2D eigenvalue weighted by molar-refractivity contribution is 6.33. The Morgan fingerprint density at radius 2 is 1.63 bits per heavy atom. The highest BCUT2D eigenvalue weighted by Crippen LogP contribution is 2.34. The number of fused-ring (bicyclic) bond motifs is 1. The van der Waals surface area contributed by atoms with E-state index in [1.807, 2.05) is 0 Å². The van der Waals surface area contributed by atoms with Crippen molar-refractivity contribution >= 4 is 39.9 Å². The summed E-state index contributed by atoms with van der Waals surface area (Å²) in [6.07, 6.45) is -6.23. The second-order valence-electron chi connectivity index (χ2n) is 7.32. The van der Waals surface area contributed by atoms with Crippen molar-refractivity contribution in [2.45, 2.75) is 12.3 Å². The molecule has 0 radical (unpaired) electrons. The summed E-state index contributed by atoms with van der Waals surface area (Å²) in [6, 6.07) is 16.5. The van der Waals surface area contributed by atoms with Crippen molar-refractivity contribution in [3.63, 3.8) is 0 Å². The number of esters is 1. The predicted molar refractivity (Wildman–Crippen MR) is 122 cm³/mol. The van der Waals surface area contributed by atoms with Crippen molar-refractivity contribution in [3.05, 3.63) is 105 Å². The second-order valence-corrected chi connectivity index (χ2v) is 7.73. The van der Waals surface area contributed by atoms with Gasteiger partial charge in [-0.15, -0.1) is 0 Å². The van der Waals surface area contributed by atoms with E-state index < -0.39 is 35.3 Å². The van der Waals surface area contributed by atoms with Gasteiger partial charge >= 0.3 is 12.1 Å². The maximum absolute atomic E-state index is 13.1. The number of benzene rings is 3. The zero-order valence-electron chi connectivity index (χ0n) is 17.6. The normalized spacial score (nSPS) is 12.2. The first-order chi connectivity index (χ1) is 16.6. The number of nitrogens with one attached hydrogen (secondary N) is 2. The first-order valence-electron chi connectivity index (χ1n) is 10.1. The summed E-state index contributed by atoms with van der Waals surface area (Å²) in [7, 11) is 0. The minimum atomic E-state index is -4.66. The zero-order chi connectivity index (χ0) is 25.2. The molecule has 2 N–H and O–H groups in total. The molecular weight excluding hydrogens is 487 g/mol. The second kappa shape index (κ2) is 9.59. The molecule has 178 valence electrons. The van der Waals surface area contributed by atoms with E-state index in [1.165, 1.54) is 24.3 Å². The van der Waals surface area contributed by atoms with Crippen molar-refractivity contribution in [2.75, 3.05) is 5.32 Å². The molecule has 0 saturated heterocycles. The number of halogens is 4. The van der Waals surface area contributed by atoms with Crippen LogP contribution in [0.5, 0.6) is 0 Å². The number of hydrogen-bond acceptors (Lipinski definition) is 5. The molecule has 1 atom stereocenters. The standard InChI is InChI=1S/C24H15ClF3N3O4/c25-17-11-10-14(24(26,27)28)12-18(17)29-22(33)20(13-6-2-1-3-7-13)35-23(34)19-15-8-4-5-9-16(15)21(32)31-30-19/h1-12,20H,(H,29,33)(H,31,32)/t20-/m1/s1. The summed E-state index contributed by atoms with van der Waals surface area (Å²) in [4.78, 5) is 38.1. The van der Waals surface area contributed by atoms with Crippen LogP contribution in [0.25, 0.3) is 10.8 Å². The largest absolute Gasteiger partial charge is 0.442 e. The van der Waals surface area contributed by atoms with Crippen LogP contribution in [0.3, 0.4) is 0 Å². The van der Waals surface area contributed by atoms with Crippen LogP contribution in [0.4, 0.5) is 18.9 Å². The van der Waals surface area contributed by atoms with Gasteiger partial charge in [0.2, 0.25) is 6.10 Å². The first kappa shape index (κ1) is 24.0. The predicted octanol–water partition coefficient (Wildman–Crippen LogP) is 5.13. The van der Waals surface area contributed by atoms with Gasteiger partial charge in [0.05, 0.1) is 21.7 Å². The molecule has 1 heterocycles. The van der Waals surface area contributed by atoms with Crippen molar-refractivity contribution in [1.82, 2.24) is 10.2 Å². The smallest absolute Gasteiger partial charge is 0.416 e. The minimum Gasteiger partial charge on any atom is -0.442 e. The molecule has 0 spiro atoms. The van der Waals surface area contributed by atoms with Crippen LogP contribution < -0.4 is 10.9 Å². The number of hydrogen-bond donors (Lipinski definition) is 2. The maximum Gasteiger partial charge on any atom is 0.416 e. The van der Waals surface area contributed by atoms with Gasteiger partial charge in [0.15, 0.2) is 5.69 Å². The minimum absolute atomic E-state index is 0.141. The lowest BCUT2D eigenvalue weighted by Crippen LogP contribution is -2.27. The Hall–Kier alpha value is -4.18. The fourth-order valence-electron chi connectivity index (χ4n) is 3.33. The fraction of sp³-hybridized carbons (Fsp3) is 0.0833. The Morgan fingerprint density at radius 3 is 2.31 bits per heavy atom. The summed E-state index contributed by atoms with van der Waals surface area (Å²) in [5.41, 5.74) is -1.85. The lowest BCUT2D eigenvalue weighted by molar-refractivity contribution is -0.137. The van der Waals surface area contributed by atoms with Gasteiger partial charge in [0, 0.05) is 10.9 Å². The summed E-state index contributed by atoms with van der Waals surface area (Å²) >= 11 is 5.99. The fourth-order valence-corrected chi connectivity index (χ4v) is 3.49. The van der Waals surface area contributed by atoms with E-state index in [0.29, 0.717) is 6.07 Å². The Balaban J connectivity index is 1.68. The number of amides is 1. The number of carbonyl (C=O) groups is 2. The Morgan fingerprint density at radius 1 is 0.971 bits per heavy atom. The number of alkyl halides is 3. The van der Waals surface area contributed by atoms with Crippen molar-refractivity contribution in [1.29, 1.82) is 0 Å². The zero-order valence-corrected chi connectivity index (χ0v) is 18.4. The summed E-state index contributed by atoms with van der Waals surface area (Å²) < 4.78 is 44.8. The number of aromatic nitrogens is 2. The number of aromatic amines is 1. The van der Waals surface area contributed by atoms with Gasteiger partial charge in [-0.2, -0.15) is 18.3 Å². The van der Waals surface area contributed by atoms with Crippen molar-refractivity contribution in [3.8, 4) is 0 Å². The molecular formula is C24H15ClF3N3O4. The molecule has 0 aliphatic rings. The van der Waals surface area contributed by atoms with Crippen LogP contribution in [0.2, 0.25) is 5.02 Å². The van der Waals surface area contributed by atoms with Crippen LogP contribution in [0.15, 0.2) is 77.6 Å². The molecule has 11 heteroatoms. The molecule has 1 aromatic heterocycles. The first-order valence-corrected chi connectivity index (χ1v) is 10.4. The molecule has 0 bridgehead atoms. The number of rotatable bonds is 5. The van der Waals surface area contributed by atoms with Crippen molar-refractivity contribution < 1.29 is 27.5 Å². The van der Waals surface area contributed by atoms with Crippen LogP contribution in [0.1, 0.15) is 27.7 Å². The molecule has 3 aromatic carbocycles. The number of nitrogens with zero attached hydrogens (tertiary/aromatic N) is 1. The monoisotopic (exact) mass is 501 g/mol. The van der Waals surface area contributed by atoms with E-state index in [0.717, 1.165) is 12.1 Å². The summed E-state index contributed by atoms with van der Waals surface area (Å²) in [6.45, 7) is 0. The molecule has 0 aliphatic heterocycles. The van der Waals surface area contributed by atoms with Gasteiger partial charge in [-0.25, -0.2) is 9.89 Å². The average Bonchev–Trinajstić information content (AvgIpc) is 2.84. The molecule has 0 unspecified atom stereocenters. The number of anilines is 1. The highest BCUT2D eigenvalue weighted by atomic mass is 35.5. The molecule has 0 aliphatic carbocycles. The quantitative estimate of drug-likeness (QED) is 0.369. The van der Waals surface area contributed by atoms with Gasteiger partial charge in [0.1, 0.15) is 0 Å². The molecule has 4 rings (SSSR count). The molecule has 0 fully saturated rings. The van der Waals surface area contributed by atoms with Crippen LogP contribution in [-0.4, -0.2) is 22.1 Å². The van der Waals surface area contributed by atoms with Gasteiger partial charge in [-0.3, -0.25) is 9.59 Å². The van der Waals surface area contributed by atoms with Crippen LogP contribution in [0, 0.1) is 0 Å². The van der Waals surface area contributed by atoms with E-state index in [9.17, 15) is 27.6 Å². The Bertz CT molecular complexity index is 1470. The molecule has 7 nitrogen and oxygen atoms in total. The number of ether oxygens (including phenoxy) is 1. The summed E-state index contributed by atoms with van der Waals surface area (Å²) in [5, 5.41) is 8.51. The van der Waals surface area contributed by atoms with Gasteiger partial charge in [0.25, 0.3) is 11.5 Å². The van der Waals surface area contributed by atoms with E-state index in [4.69, 9.17) is 16.3 Å². The van der Waals surface area contributed by atoms with Crippen LogP contribution >= 0.6 is 11.6 Å². The third-order valence-corrected chi connectivity index (χ3v) is 5.34.